The number of aryl methyl sites for hydroxylation is 1. The number of hydrogen-bond acceptors (Lipinski definition) is 5. The van der Waals surface area contributed by atoms with Crippen molar-refractivity contribution in [3.05, 3.63) is 82.4 Å². The molecule has 2 aromatic carbocycles. The zero-order valence-electron chi connectivity index (χ0n) is 22.4. The molecular weight excluding hydrogens is 528 g/mol. The van der Waals surface area contributed by atoms with Crippen molar-refractivity contribution in [3.63, 3.8) is 0 Å². The van der Waals surface area contributed by atoms with Gasteiger partial charge < -0.3 is 11.5 Å². The number of hydrogen-bond donors (Lipinski definition) is 4. The molecule has 5 rings (SSSR count). The van der Waals surface area contributed by atoms with Crippen LogP contribution in [0.4, 0.5) is 5.69 Å². The lowest BCUT2D eigenvalue weighted by atomic mass is 9.81. The van der Waals surface area contributed by atoms with Crippen LogP contribution in [-0.4, -0.2) is 39.6 Å². The number of fused-ring (bicyclic) bond motifs is 1. The van der Waals surface area contributed by atoms with E-state index in [-0.39, 0.29) is 36.2 Å². The van der Waals surface area contributed by atoms with Gasteiger partial charge in [0.15, 0.2) is 0 Å². The Kier molecular flexibility index (Phi) is 9.07. The molecule has 1 aliphatic carbocycles. The van der Waals surface area contributed by atoms with Gasteiger partial charge in [-0.05, 0) is 80.5 Å². The predicted molar refractivity (Wildman–Crippen MR) is 159 cm³/mol. The van der Waals surface area contributed by atoms with Crippen LogP contribution in [0.3, 0.4) is 0 Å². The van der Waals surface area contributed by atoms with Crippen LogP contribution in [-0.2, 0) is 16.0 Å². The van der Waals surface area contributed by atoms with E-state index >= 15 is 0 Å². The summed E-state index contributed by atoms with van der Waals surface area (Å²) in [5, 5.41) is 5.90. The van der Waals surface area contributed by atoms with Gasteiger partial charge in [0.2, 0.25) is 11.8 Å². The highest BCUT2D eigenvalue weighted by atomic mass is 35.5. The van der Waals surface area contributed by atoms with Crippen LogP contribution >= 0.6 is 12.4 Å². The van der Waals surface area contributed by atoms with E-state index in [1.54, 1.807) is 29.3 Å². The Bertz CT molecular complexity index is 1540. The number of nitrogens with two attached hydrogens (primary N) is 2. The van der Waals surface area contributed by atoms with Gasteiger partial charge in [0.25, 0.3) is 5.56 Å². The largest absolute Gasteiger partial charge is 0.368 e. The molecule has 6 N–H and O–H groups in total. The van der Waals surface area contributed by atoms with Crippen LogP contribution in [0.5, 0.6) is 0 Å². The minimum Gasteiger partial charge on any atom is -0.368 e. The summed E-state index contributed by atoms with van der Waals surface area (Å²) in [7, 11) is 0. The van der Waals surface area contributed by atoms with Crippen molar-refractivity contribution < 1.29 is 9.59 Å². The number of pyridine rings is 1. The number of carbonyl (C=O) groups is 2. The van der Waals surface area contributed by atoms with Crippen molar-refractivity contribution in [3.8, 4) is 11.1 Å². The van der Waals surface area contributed by atoms with Crippen molar-refractivity contribution in [2.75, 3.05) is 11.4 Å². The Morgan fingerprint density at radius 3 is 2.42 bits per heavy atom. The Morgan fingerprint density at radius 1 is 1.05 bits per heavy atom. The fourth-order valence-corrected chi connectivity index (χ4v) is 5.63. The zero-order chi connectivity index (χ0) is 27.5. The number of aromatic amines is 2. The van der Waals surface area contributed by atoms with Gasteiger partial charge in [-0.15, -0.1) is 12.4 Å². The Hall–Kier alpha value is -3.95. The number of benzene rings is 2. The molecule has 0 aliphatic heterocycles. The molecule has 9 nitrogen and oxygen atoms in total. The number of H-pyrrole nitrogens is 2. The van der Waals surface area contributed by atoms with E-state index in [2.05, 4.69) is 15.2 Å². The fourth-order valence-electron chi connectivity index (χ4n) is 5.63. The Morgan fingerprint density at radius 2 is 1.77 bits per heavy atom. The first-order chi connectivity index (χ1) is 18.9. The van der Waals surface area contributed by atoms with Gasteiger partial charge in [-0.3, -0.25) is 34.5 Å². The smallest absolute Gasteiger partial charge is 0.271 e. The van der Waals surface area contributed by atoms with E-state index in [0.717, 1.165) is 35.2 Å². The maximum absolute atomic E-state index is 14.0. The van der Waals surface area contributed by atoms with E-state index in [4.69, 9.17) is 11.5 Å². The van der Waals surface area contributed by atoms with Crippen LogP contribution in [0.25, 0.3) is 22.0 Å². The minimum atomic E-state index is -0.904. The SMILES string of the molecule is Cc1ncccc1-c1ccc(C[C@@H](C(N)=O)N(c2ccc3c(=O)[nH][nH]c3c2)C(=O)[C@H]2CC[C@H](CN)CC2)cc1.Cl. The average molecular weight is 563 g/mol. The van der Waals surface area contributed by atoms with Gasteiger partial charge in [-0.25, -0.2) is 0 Å². The Balaban J connectivity index is 0.00000370. The average Bonchev–Trinajstić information content (AvgIpc) is 3.33. The molecule has 2 heterocycles. The normalized spacial score (nSPS) is 17.6. The van der Waals surface area contributed by atoms with Crippen LogP contribution in [0, 0.1) is 18.8 Å². The fraction of sp³-hybridized carbons (Fsp3) is 0.333. The lowest BCUT2D eigenvalue weighted by molar-refractivity contribution is -0.127. The standard InChI is InChI=1S/C30H34N6O3.ClH/c1-18-24(3-2-14-33-18)21-8-4-19(5-9-21)15-27(28(32)37)36(30(39)22-10-6-20(17-31)7-11-22)23-12-13-25-26(16-23)34-35-29(25)38;/h2-5,8-9,12-14,16,20,22,27H,6-7,10-11,15,17,31H2,1H3,(H2,32,37)(H2,34,35,38);1H/t20-,22-,27-;/m0./s1. The molecule has 2 amide bonds. The van der Waals surface area contributed by atoms with Gasteiger partial charge in [0, 0.05) is 35.5 Å². The second-order valence-electron chi connectivity index (χ2n) is 10.4. The number of halogens is 1. The number of primary amides is 1. The molecule has 40 heavy (non-hydrogen) atoms. The number of aromatic nitrogens is 3. The third kappa shape index (κ3) is 5.95. The van der Waals surface area contributed by atoms with E-state index in [9.17, 15) is 14.4 Å². The highest BCUT2D eigenvalue weighted by Gasteiger charge is 2.36. The summed E-state index contributed by atoms with van der Waals surface area (Å²) in [6.07, 6.45) is 5.20. The van der Waals surface area contributed by atoms with Gasteiger partial charge in [-0.1, -0.05) is 30.3 Å². The molecule has 1 atom stereocenters. The molecule has 0 saturated heterocycles. The van der Waals surface area contributed by atoms with E-state index in [1.165, 1.54) is 0 Å². The van der Waals surface area contributed by atoms with Crippen molar-refractivity contribution >= 4 is 40.8 Å². The number of nitrogens with one attached hydrogen (secondary N) is 2. The lowest BCUT2D eigenvalue weighted by Gasteiger charge is -2.35. The molecule has 210 valence electrons. The number of rotatable bonds is 8. The van der Waals surface area contributed by atoms with Crippen molar-refractivity contribution in [2.24, 2.45) is 23.3 Å². The molecule has 1 saturated carbocycles. The molecule has 0 bridgehead atoms. The number of anilines is 1. The summed E-state index contributed by atoms with van der Waals surface area (Å²) >= 11 is 0. The molecule has 0 unspecified atom stereocenters. The first-order valence-corrected chi connectivity index (χ1v) is 13.4. The highest BCUT2D eigenvalue weighted by Crippen LogP contribution is 2.33. The molecule has 4 aromatic rings. The summed E-state index contributed by atoms with van der Waals surface area (Å²) in [4.78, 5) is 45.0. The van der Waals surface area contributed by atoms with Crippen LogP contribution in [0.1, 0.15) is 36.9 Å². The molecule has 2 aromatic heterocycles. The quantitative estimate of drug-likeness (QED) is 0.257. The molecule has 1 fully saturated rings. The maximum Gasteiger partial charge on any atom is 0.271 e. The van der Waals surface area contributed by atoms with Gasteiger partial charge >= 0.3 is 0 Å². The van der Waals surface area contributed by atoms with Crippen LogP contribution < -0.4 is 21.9 Å². The third-order valence-corrected chi connectivity index (χ3v) is 7.94. The second kappa shape index (κ2) is 12.5. The van der Waals surface area contributed by atoms with E-state index in [0.29, 0.717) is 41.9 Å². The molecule has 0 radical (unpaired) electrons. The summed E-state index contributed by atoms with van der Waals surface area (Å²) < 4.78 is 0. The number of carbonyl (C=O) groups excluding carboxylic acids is 2. The number of nitrogens with zero attached hydrogens (tertiary/aromatic N) is 2. The highest BCUT2D eigenvalue weighted by molar-refractivity contribution is 6.03. The molecule has 10 heteroatoms. The van der Waals surface area contributed by atoms with Gasteiger partial charge in [0.05, 0.1) is 10.9 Å². The van der Waals surface area contributed by atoms with E-state index in [1.807, 2.05) is 43.3 Å². The summed E-state index contributed by atoms with van der Waals surface area (Å²) in [5.41, 5.74) is 16.5. The predicted octanol–water partition coefficient (Wildman–Crippen LogP) is 3.84. The van der Waals surface area contributed by atoms with Crippen molar-refractivity contribution in [1.82, 2.24) is 15.2 Å². The minimum absolute atomic E-state index is 0. The summed E-state index contributed by atoms with van der Waals surface area (Å²) in [6, 6.07) is 16.0. The van der Waals surface area contributed by atoms with Crippen molar-refractivity contribution in [1.29, 1.82) is 0 Å². The van der Waals surface area contributed by atoms with Crippen LogP contribution in [0.2, 0.25) is 0 Å². The third-order valence-electron chi connectivity index (χ3n) is 7.94. The monoisotopic (exact) mass is 562 g/mol. The Labute approximate surface area is 238 Å². The number of amides is 2. The molecular formula is C30H35ClN6O3. The van der Waals surface area contributed by atoms with Gasteiger partial charge in [0.1, 0.15) is 6.04 Å². The summed E-state index contributed by atoms with van der Waals surface area (Å²) in [6.45, 7) is 2.58. The molecule has 0 spiro atoms. The van der Waals surface area contributed by atoms with Crippen molar-refractivity contribution in [2.45, 2.75) is 45.1 Å². The first kappa shape index (κ1) is 29.0. The lowest BCUT2D eigenvalue weighted by Crippen LogP contribution is -2.52. The summed E-state index contributed by atoms with van der Waals surface area (Å²) in [5.74, 6) is -0.535. The topological polar surface area (TPSA) is 151 Å². The van der Waals surface area contributed by atoms with Crippen LogP contribution in [0.15, 0.2) is 65.6 Å². The zero-order valence-corrected chi connectivity index (χ0v) is 23.2. The second-order valence-corrected chi connectivity index (χ2v) is 10.4. The first-order valence-electron chi connectivity index (χ1n) is 13.4. The van der Waals surface area contributed by atoms with E-state index < -0.39 is 11.9 Å². The van der Waals surface area contributed by atoms with Gasteiger partial charge in [-0.2, -0.15) is 0 Å². The molecule has 1 aliphatic rings. The maximum atomic E-state index is 14.0.